The molecule has 7 heteroatoms. The predicted octanol–water partition coefficient (Wildman–Crippen LogP) is 4.32. The summed E-state index contributed by atoms with van der Waals surface area (Å²) in [5, 5.41) is 0.534. The van der Waals surface area contributed by atoms with Crippen molar-refractivity contribution in [3.05, 3.63) is 91.2 Å². The summed E-state index contributed by atoms with van der Waals surface area (Å²) in [6.45, 7) is 4.67. The summed E-state index contributed by atoms with van der Waals surface area (Å²) in [6.07, 6.45) is -0.395. The van der Waals surface area contributed by atoms with Crippen molar-refractivity contribution in [1.29, 1.82) is 0 Å². The number of rotatable bonds is 2. The molecule has 5 rings (SSSR count). The fraction of sp³-hybridized carbons (Fsp3) is 0.280. The maximum Gasteiger partial charge on any atom is 0.331 e. The van der Waals surface area contributed by atoms with Gasteiger partial charge in [-0.25, -0.2) is 4.79 Å². The molecule has 3 heterocycles. The minimum Gasteiger partial charge on any atom is -0.365 e. The molecule has 1 atom stereocenters. The number of hydrogen-bond acceptors (Lipinski definition) is 3. The topological polar surface area (TPSA) is 58.2 Å². The molecular formula is C25H24BrN3O3. The summed E-state index contributed by atoms with van der Waals surface area (Å²) in [7, 11) is 3.25. The van der Waals surface area contributed by atoms with Crippen LogP contribution < -0.4 is 11.2 Å². The first-order valence-electron chi connectivity index (χ1n) is 10.5. The molecule has 0 spiro atoms. The number of aryl methyl sites for hydroxylation is 1. The number of fused-ring (bicyclic) bond motifs is 3. The van der Waals surface area contributed by atoms with Gasteiger partial charge in [0, 0.05) is 18.6 Å². The van der Waals surface area contributed by atoms with Gasteiger partial charge in [0.1, 0.15) is 6.10 Å². The highest BCUT2D eigenvalue weighted by molar-refractivity contribution is 9.10. The molecule has 0 bridgehead atoms. The third-order valence-electron chi connectivity index (χ3n) is 6.29. The molecule has 6 nitrogen and oxygen atoms in total. The van der Waals surface area contributed by atoms with E-state index in [9.17, 15) is 9.59 Å². The number of halogens is 1. The first kappa shape index (κ1) is 21.0. The molecule has 1 aliphatic rings. The lowest BCUT2D eigenvalue weighted by atomic mass is 9.98. The lowest BCUT2D eigenvalue weighted by Crippen LogP contribution is -2.40. The van der Waals surface area contributed by atoms with Gasteiger partial charge in [-0.2, -0.15) is 0 Å². The van der Waals surface area contributed by atoms with E-state index in [0.29, 0.717) is 17.5 Å². The van der Waals surface area contributed by atoms with Crippen LogP contribution in [0.4, 0.5) is 0 Å². The van der Waals surface area contributed by atoms with Crippen LogP contribution in [0.1, 0.15) is 31.2 Å². The molecule has 1 aliphatic heterocycles. The van der Waals surface area contributed by atoms with Gasteiger partial charge in [-0.15, -0.1) is 0 Å². The Labute approximate surface area is 193 Å². The van der Waals surface area contributed by atoms with Gasteiger partial charge in [-0.05, 0) is 37.1 Å². The molecule has 0 unspecified atom stereocenters. The third kappa shape index (κ3) is 2.95. The van der Waals surface area contributed by atoms with Crippen molar-refractivity contribution in [3.63, 3.8) is 0 Å². The van der Waals surface area contributed by atoms with Gasteiger partial charge in [-0.1, -0.05) is 58.4 Å². The van der Waals surface area contributed by atoms with E-state index >= 15 is 0 Å². The van der Waals surface area contributed by atoms with E-state index in [1.807, 2.05) is 54.6 Å². The van der Waals surface area contributed by atoms with Gasteiger partial charge >= 0.3 is 5.69 Å². The van der Waals surface area contributed by atoms with Crippen LogP contribution in [-0.2, 0) is 24.4 Å². The molecule has 0 amide bonds. The van der Waals surface area contributed by atoms with Crippen LogP contribution in [0.3, 0.4) is 0 Å². The largest absolute Gasteiger partial charge is 0.365 e. The average Bonchev–Trinajstić information content (AvgIpc) is 3.15. The lowest BCUT2D eigenvalue weighted by Gasteiger charge is -2.39. The normalized spacial score (nSPS) is 17.5. The summed E-state index contributed by atoms with van der Waals surface area (Å²) in [6, 6.07) is 17.9. The van der Waals surface area contributed by atoms with Gasteiger partial charge < -0.3 is 9.30 Å². The SMILES string of the molecule is Cn1c(=O)c2c(-c3ccc(Br)cc3)n3c(c2n(C)c1=O)[C@H](c1ccccc1)OCC3(C)C. The van der Waals surface area contributed by atoms with Crippen molar-refractivity contribution >= 4 is 26.8 Å². The van der Waals surface area contributed by atoms with Crippen LogP contribution in [-0.4, -0.2) is 20.3 Å². The van der Waals surface area contributed by atoms with Crippen LogP contribution in [0.25, 0.3) is 22.2 Å². The fourth-order valence-electron chi connectivity index (χ4n) is 4.76. The summed E-state index contributed by atoms with van der Waals surface area (Å²) < 4.78 is 12.3. The van der Waals surface area contributed by atoms with E-state index in [2.05, 4.69) is 34.3 Å². The molecule has 0 N–H and O–H groups in total. The summed E-state index contributed by atoms with van der Waals surface area (Å²) in [5.74, 6) is 0. The first-order valence-corrected chi connectivity index (χ1v) is 11.3. The van der Waals surface area contributed by atoms with E-state index in [1.54, 1.807) is 11.6 Å². The Bertz CT molecular complexity index is 1460. The van der Waals surface area contributed by atoms with Gasteiger partial charge in [0.2, 0.25) is 0 Å². The first-order chi connectivity index (χ1) is 15.2. The molecule has 164 valence electrons. The molecular weight excluding hydrogens is 470 g/mol. The second-order valence-electron chi connectivity index (χ2n) is 8.92. The quantitative estimate of drug-likeness (QED) is 0.417. The Hall–Kier alpha value is -2.90. The molecule has 4 aromatic rings. The highest BCUT2D eigenvalue weighted by Crippen LogP contribution is 2.45. The molecule has 32 heavy (non-hydrogen) atoms. The Morgan fingerprint density at radius 1 is 0.969 bits per heavy atom. The minimum atomic E-state index is -0.427. The zero-order valence-corrected chi connectivity index (χ0v) is 20.0. The van der Waals surface area contributed by atoms with Gasteiger partial charge in [0.15, 0.2) is 0 Å². The van der Waals surface area contributed by atoms with Crippen LogP contribution in [0.5, 0.6) is 0 Å². The Morgan fingerprint density at radius 2 is 1.62 bits per heavy atom. The zero-order valence-electron chi connectivity index (χ0n) is 18.4. The van der Waals surface area contributed by atoms with Gasteiger partial charge in [0.05, 0.1) is 34.4 Å². The molecule has 0 fully saturated rings. The molecule has 2 aromatic heterocycles. The summed E-state index contributed by atoms with van der Waals surface area (Å²) in [5.41, 5.74) is 3.09. The molecule has 0 aliphatic carbocycles. The summed E-state index contributed by atoms with van der Waals surface area (Å²) >= 11 is 3.51. The number of benzene rings is 2. The maximum absolute atomic E-state index is 13.5. The van der Waals surface area contributed by atoms with Crippen molar-refractivity contribution in [2.24, 2.45) is 14.1 Å². The van der Waals surface area contributed by atoms with Crippen molar-refractivity contribution in [3.8, 4) is 11.3 Å². The van der Waals surface area contributed by atoms with Gasteiger partial charge in [0.25, 0.3) is 5.56 Å². The monoisotopic (exact) mass is 493 g/mol. The van der Waals surface area contributed by atoms with Crippen LogP contribution >= 0.6 is 15.9 Å². The standard InChI is InChI=1S/C25H24BrN3O3/c1-25(2)14-32-22(16-8-6-5-7-9-16)21-20-18(23(30)28(4)24(31)27(20)3)19(29(21)25)15-10-12-17(26)13-11-15/h5-13,22H,14H2,1-4H3/t22-/m0/s1. The molecule has 0 saturated carbocycles. The molecule has 2 aromatic carbocycles. The Balaban J connectivity index is 2.02. The van der Waals surface area contributed by atoms with Crippen LogP contribution in [0, 0.1) is 0 Å². The molecule has 0 radical (unpaired) electrons. The van der Waals surface area contributed by atoms with E-state index in [0.717, 1.165) is 27.0 Å². The van der Waals surface area contributed by atoms with Crippen molar-refractivity contribution < 1.29 is 4.74 Å². The van der Waals surface area contributed by atoms with Crippen LogP contribution in [0.2, 0.25) is 0 Å². The highest BCUT2D eigenvalue weighted by Gasteiger charge is 2.40. The van der Waals surface area contributed by atoms with Crippen molar-refractivity contribution in [2.45, 2.75) is 25.5 Å². The maximum atomic E-state index is 13.5. The smallest absolute Gasteiger partial charge is 0.331 e. The van der Waals surface area contributed by atoms with E-state index < -0.39 is 11.6 Å². The number of hydrogen-bond donors (Lipinski definition) is 0. The lowest BCUT2D eigenvalue weighted by molar-refractivity contribution is -0.00707. The summed E-state index contributed by atoms with van der Waals surface area (Å²) in [4.78, 5) is 26.5. The zero-order chi connectivity index (χ0) is 22.8. The number of aromatic nitrogens is 3. The number of nitrogens with zero attached hydrogens (tertiary/aromatic N) is 3. The second kappa shape index (κ2) is 7.32. The van der Waals surface area contributed by atoms with E-state index in [1.165, 1.54) is 11.6 Å². The average molecular weight is 494 g/mol. The molecule has 0 saturated heterocycles. The fourth-order valence-corrected chi connectivity index (χ4v) is 5.02. The predicted molar refractivity (Wildman–Crippen MR) is 129 cm³/mol. The Morgan fingerprint density at radius 3 is 2.28 bits per heavy atom. The third-order valence-corrected chi connectivity index (χ3v) is 6.81. The van der Waals surface area contributed by atoms with Crippen LogP contribution in [0.15, 0.2) is 68.7 Å². The minimum absolute atomic E-state index is 0.300. The second-order valence-corrected chi connectivity index (χ2v) is 9.84. The van der Waals surface area contributed by atoms with E-state index in [4.69, 9.17) is 4.74 Å². The van der Waals surface area contributed by atoms with Crippen molar-refractivity contribution in [1.82, 2.24) is 13.7 Å². The number of ether oxygens (including phenoxy) is 1. The Kier molecular flexibility index (Phi) is 4.80. The highest BCUT2D eigenvalue weighted by atomic mass is 79.9. The van der Waals surface area contributed by atoms with Crippen molar-refractivity contribution in [2.75, 3.05) is 6.61 Å². The van der Waals surface area contributed by atoms with Gasteiger partial charge in [-0.3, -0.25) is 13.9 Å². The van der Waals surface area contributed by atoms with E-state index in [-0.39, 0.29) is 11.2 Å².